The van der Waals surface area contributed by atoms with Crippen molar-refractivity contribution in [2.24, 2.45) is 0 Å². The van der Waals surface area contributed by atoms with Crippen LogP contribution in [0.2, 0.25) is 5.02 Å². The van der Waals surface area contributed by atoms with Crippen LogP contribution >= 0.6 is 23.4 Å². The van der Waals surface area contributed by atoms with Crippen molar-refractivity contribution in [3.05, 3.63) is 88.9 Å². The summed E-state index contributed by atoms with van der Waals surface area (Å²) in [4.78, 5) is 28.6. The SMILES string of the molecule is CC[C@H](C)NC(=O)CN1C(=O)CS[C@H](c2ccc3c(c2)OCO3)c2c(-c3ccccc3)nn(-c3ccccc3Cl)c21. The van der Waals surface area contributed by atoms with Crippen LogP contribution in [0.15, 0.2) is 72.8 Å². The van der Waals surface area contributed by atoms with Crippen LogP contribution < -0.4 is 19.7 Å². The van der Waals surface area contributed by atoms with Gasteiger partial charge in [-0.25, -0.2) is 4.68 Å². The maximum Gasteiger partial charge on any atom is 0.240 e. The second kappa shape index (κ2) is 11.5. The minimum absolute atomic E-state index is 0.0202. The van der Waals surface area contributed by atoms with Crippen LogP contribution in [-0.4, -0.2) is 46.7 Å². The van der Waals surface area contributed by atoms with E-state index in [1.54, 1.807) is 15.6 Å². The fourth-order valence-electron chi connectivity index (χ4n) is 5.03. The number of fused-ring (bicyclic) bond motifs is 2. The molecule has 3 heterocycles. The molecule has 2 amide bonds. The van der Waals surface area contributed by atoms with Gasteiger partial charge in [-0.1, -0.05) is 67.1 Å². The average Bonchev–Trinajstić information content (AvgIpc) is 3.58. The van der Waals surface area contributed by atoms with E-state index < -0.39 is 0 Å². The fraction of sp³-hybridized carbons (Fsp3) is 0.258. The number of halogens is 1. The molecule has 1 N–H and O–H groups in total. The van der Waals surface area contributed by atoms with E-state index in [2.05, 4.69) is 5.32 Å². The molecule has 2 aliphatic heterocycles. The van der Waals surface area contributed by atoms with Crippen LogP contribution in [-0.2, 0) is 9.59 Å². The summed E-state index contributed by atoms with van der Waals surface area (Å²) in [6.45, 7) is 3.97. The van der Waals surface area contributed by atoms with Crippen molar-refractivity contribution in [1.29, 1.82) is 0 Å². The van der Waals surface area contributed by atoms with Crippen molar-refractivity contribution in [3.8, 4) is 28.4 Å². The van der Waals surface area contributed by atoms with E-state index in [1.165, 1.54) is 11.8 Å². The van der Waals surface area contributed by atoms with E-state index in [-0.39, 0.29) is 42.2 Å². The van der Waals surface area contributed by atoms with Gasteiger partial charge in [-0.15, -0.1) is 11.8 Å². The lowest BCUT2D eigenvalue weighted by Gasteiger charge is -2.24. The van der Waals surface area contributed by atoms with E-state index in [1.807, 2.05) is 80.6 Å². The third kappa shape index (κ3) is 5.27. The van der Waals surface area contributed by atoms with Crippen molar-refractivity contribution >= 4 is 41.0 Å². The van der Waals surface area contributed by atoms with Crippen LogP contribution in [0.25, 0.3) is 16.9 Å². The Bertz CT molecular complexity index is 1610. The highest BCUT2D eigenvalue weighted by Crippen LogP contribution is 2.50. The number of para-hydroxylation sites is 1. The van der Waals surface area contributed by atoms with Crippen molar-refractivity contribution in [2.45, 2.75) is 31.6 Å². The maximum atomic E-state index is 13.9. The summed E-state index contributed by atoms with van der Waals surface area (Å²) in [5.74, 6) is 1.60. The first-order valence-electron chi connectivity index (χ1n) is 13.5. The molecule has 0 aliphatic carbocycles. The Labute approximate surface area is 247 Å². The lowest BCUT2D eigenvalue weighted by Crippen LogP contribution is -2.44. The van der Waals surface area contributed by atoms with Crippen LogP contribution in [0.4, 0.5) is 5.82 Å². The monoisotopic (exact) mass is 588 g/mol. The third-order valence-corrected chi connectivity index (χ3v) is 8.81. The molecule has 210 valence electrons. The van der Waals surface area contributed by atoms with E-state index in [0.717, 1.165) is 23.1 Å². The first-order chi connectivity index (χ1) is 19.9. The van der Waals surface area contributed by atoms with Gasteiger partial charge in [0.15, 0.2) is 11.5 Å². The predicted octanol–water partition coefficient (Wildman–Crippen LogP) is 6.01. The summed E-state index contributed by atoms with van der Waals surface area (Å²) in [6, 6.07) is 23.0. The van der Waals surface area contributed by atoms with Crippen molar-refractivity contribution in [3.63, 3.8) is 0 Å². The molecule has 0 unspecified atom stereocenters. The van der Waals surface area contributed by atoms with Crippen LogP contribution in [0.3, 0.4) is 0 Å². The number of benzene rings is 3. The molecule has 0 saturated carbocycles. The molecule has 1 aromatic heterocycles. The molecule has 0 bridgehead atoms. The molecule has 0 fully saturated rings. The summed E-state index contributed by atoms with van der Waals surface area (Å²) in [5.41, 5.74) is 3.97. The number of carbonyl (C=O) groups is 2. The number of thioether (sulfide) groups is 1. The quantitative estimate of drug-likeness (QED) is 0.285. The van der Waals surface area contributed by atoms with E-state index in [4.69, 9.17) is 26.2 Å². The zero-order chi connectivity index (χ0) is 28.5. The highest BCUT2D eigenvalue weighted by molar-refractivity contribution is 8.00. The lowest BCUT2D eigenvalue weighted by atomic mass is 9.99. The molecule has 6 rings (SSSR count). The van der Waals surface area contributed by atoms with Crippen LogP contribution in [0.5, 0.6) is 11.5 Å². The summed E-state index contributed by atoms with van der Waals surface area (Å²) in [7, 11) is 0. The summed E-state index contributed by atoms with van der Waals surface area (Å²) >= 11 is 8.21. The van der Waals surface area contributed by atoms with E-state index in [9.17, 15) is 9.59 Å². The number of ether oxygens (including phenoxy) is 2. The molecular weight excluding hydrogens is 560 g/mol. The number of rotatable bonds is 7. The Hall–Kier alpha value is -3.95. The van der Waals surface area contributed by atoms with Gasteiger partial charge in [-0.05, 0) is 43.2 Å². The normalized spacial score (nSPS) is 16.7. The second-order valence-corrected chi connectivity index (χ2v) is 11.5. The fourth-order valence-corrected chi connectivity index (χ4v) is 6.43. The molecule has 3 aromatic carbocycles. The smallest absolute Gasteiger partial charge is 0.240 e. The van der Waals surface area contributed by atoms with Gasteiger partial charge in [0.05, 0.1) is 27.4 Å². The van der Waals surface area contributed by atoms with Gasteiger partial charge in [-0.3, -0.25) is 14.5 Å². The number of amides is 2. The molecule has 2 aliphatic rings. The van der Waals surface area contributed by atoms with Crippen LogP contribution in [0, 0.1) is 0 Å². The molecule has 10 heteroatoms. The largest absolute Gasteiger partial charge is 0.454 e. The standard InChI is InChI=1S/C31H29ClN4O4S/c1-3-19(2)33-26(37)16-35-27(38)17-41-30(21-13-14-24-25(15-21)40-18-39-24)28-29(20-9-5-4-6-10-20)34-36(31(28)35)23-12-8-7-11-22(23)32/h4-15,19,30H,3,16-18H2,1-2H3,(H,33,37)/t19-,30+/m0/s1. The first kappa shape index (κ1) is 27.2. The van der Waals surface area contributed by atoms with Crippen molar-refractivity contribution in [1.82, 2.24) is 15.1 Å². The van der Waals surface area contributed by atoms with Gasteiger partial charge in [0, 0.05) is 17.2 Å². The minimum atomic E-state index is -0.294. The van der Waals surface area contributed by atoms with E-state index >= 15 is 0 Å². The highest BCUT2D eigenvalue weighted by Gasteiger charge is 2.38. The number of nitrogens with zero attached hydrogens (tertiary/aromatic N) is 3. The van der Waals surface area contributed by atoms with Gasteiger partial charge < -0.3 is 14.8 Å². The summed E-state index contributed by atoms with van der Waals surface area (Å²) < 4.78 is 13.0. The Morgan fingerprint density at radius 3 is 2.63 bits per heavy atom. The molecule has 0 radical (unpaired) electrons. The zero-order valence-electron chi connectivity index (χ0n) is 22.7. The highest BCUT2D eigenvalue weighted by atomic mass is 35.5. The third-order valence-electron chi connectivity index (χ3n) is 7.24. The Morgan fingerprint density at radius 1 is 1.10 bits per heavy atom. The molecule has 0 saturated heterocycles. The first-order valence-corrected chi connectivity index (χ1v) is 14.9. The molecule has 0 spiro atoms. The van der Waals surface area contributed by atoms with Gasteiger partial charge in [-0.2, -0.15) is 5.10 Å². The number of carbonyl (C=O) groups excluding carboxylic acids is 2. The van der Waals surface area contributed by atoms with Crippen molar-refractivity contribution < 1.29 is 19.1 Å². The molecule has 8 nitrogen and oxygen atoms in total. The molecule has 41 heavy (non-hydrogen) atoms. The summed E-state index contributed by atoms with van der Waals surface area (Å²) in [6.07, 6.45) is 0.780. The second-order valence-electron chi connectivity index (χ2n) is 9.98. The summed E-state index contributed by atoms with van der Waals surface area (Å²) in [5, 5.41) is 8.28. The van der Waals surface area contributed by atoms with Crippen molar-refractivity contribution in [2.75, 3.05) is 24.0 Å². The van der Waals surface area contributed by atoms with Gasteiger partial charge >= 0.3 is 0 Å². The average molecular weight is 589 g/mol. The van der Waals surface area contributed by atoms with E-state index in [0.29, 0.717) is 33.7 Å². The van der Waals surface area contributed by atoms with Gasteiger partial charge in [0.1, 0.15) is 12.4 Å². The Balaban J connectivity index is 1.60. The number of hydrogen-bond donors (Lipinski definition) is 1. The zero-order valence-corrected chi connectivity index (χ0v) is 24.2. The number of hydrogen-bond acceptors (Lipinski definition) is 6. The lowest BCUT2D eigenvalue weighted by molar-refractivity contribution is -0.123. The molecule has 4 aromatic rings. The minimum Gasteiger partial charge on any atom is -0.454 e. The number of aromatic nitrogens is 2. The molecular formula is C31H29ClN4O4S. The topological polar surface area (TPSA) is 85.7 Å². The van der Waals surface area contributed by atoms with Gasteiger partial charge in [0.2, 0.25) is 18.6 Å². The van der Waals surface area contributed by atoms with Crippen LogP contribution in [0.1, 0.15) is 36.6 Å². The molecule has 2 atom stereocenters. The predicted molar refractivity (Wildman–Crippen MR) is 161 cm³/mol. The Kier molecular flexibility index (Phi) is 7.64. The Morgan fingerprint density at radius 2 is 1.85 bits per heavy atom. The number of nitrogens with one attached hydrogen (secondary N) is 1. The maximum absolute atomic E-state index is 13.9. The number of anilines is 1. The van der Waals surface area contributed by atoms with Gasteiger partial charge in [0.25, 0.3) is 0 Å².